The van der Waals surface area contributed by atoms with E-state index in [9.17, 15) is 9.59 Å². The summed E-state index contributed by atoms with van der Waals surface area (Å²) in [6.07, 6.45) is 7.67. The Morgan fingerprint density at radius 1 is 0.500 bits per heavy atom. The van der Waals surface area contributed by atoms with Crippen LogP contribution in [0.4, 0.5) is 0 Å². The number of ketones is 2. The molecule has 0 saturated carbocycles. The van der Waals surface area contributed by atoms with Crippen LogP contribution < -0.4 is 0 Å². The molecule has 148 valence electrons. The molecular weight excluding hydrogens is 344 g/mol. The molecule has 2 aliphatic rings. The molecule has 0 bridgehead atoms. The number of carbonyl (C=O) groups excluding carboxylic acids is 2. The summed E-state index contributed by atoms with van der Waals surface area (Å²) in [5.74, 6) is 0.905. The second-order valence-electron chi connectivity index (χ2n) is 8.84. The Kier molecular flexibility index (Phi) is 6.83. The van der Waals surface area contributed by atoms with Crippen molar-refractivity contribution in [3.8, 4) is 0 Å². The Hall–Kier alpha value is -2.40. The van der Waals surface area contributed by atoms with Crippen LogP contribution in [0.25, 0.3) is 0 Å². The summed E-state index contributed by atoms with van der Waals surface area (Å²) in [5.41, 5.74) is 11.5. The molecule has 0 amide bonds. The topological polar surface area (TPSA) is 34.1 Å². The standard InChI is InChI=1S/C26H32O2/c1-15(2)21-11-19(12-22(16(3)4)25(21)27)9-10-20-13-23(17(5)6)26(28)24(14-20)18(7)8/h11-18H,1-8H3. The Balaban J connectivity index is 2.69. The largest absolute Gasteiger partial charge is 0.289 e. The van der Waals surface area contributed by atoms with Crippen molar-refractivity contribution in [1.82, 2.24) is 0 Å². The average Bonchev–Trinajstić information content (AvgIpc) is 2.60. The van der Waals surface area contributed by atoms with Gasteiger partial charge >= 0.3 is 0 Å². The zero-order valence-corrected chi connectivity index (χ0v) is 18.4. The van der Waals surface area contributed by atoms with Crippen molar-refractivity contribution >= 4 is 11.6 Å². The van der Waals surface area contributed by atoms with Crippen molar-refractivity contribution < 1.29 is 9.59 Å². The normalized spacial score (nSPS) is 17.7. The average molecular weight is 377 g/mol. The number of hydrogen-bond acceptors (Lipinski definition) is 2. The maximum Gasteiger partial charge on any atom is 0.185 e. The Labute approximate surface area is 169 Å². The third-order valence-electron chi connectivity index (χ3n) is 5.13. The molecule has 0 saturated heterocycles. The van der Waals surface area contributed by atoms with E-state index >= 15 is 0 Å². The molecule has 0 aliphatic heterocycles. The fraction of sp³-hybridized carbons (Fsp3) is 0.462. The van der Waals surface area contributed by atoms with Gasteiger partial charge in [-0.05, 0) is 48.0 Å². The van der Waals surface area contributed by atoms with Gasteiger partial charge in [0.15, 0.2) is 11.6 Å². The van der Waals surface area contributed by atoms with Crippen LogP contribution in [0.15, 0.2) is 69.2 Å². The quantitative estimate of drug-likeness (QED) is 0.557. The summed E-state index contributed by atoms with van der Waals surface area (Å²) in [6.45, 7) is 16.3. The van der Waals surface area contributed by atoms with E-state index in [1.54, 1.807) is 0 Å². The zero-order chi connectivity index (χ0) is 21.2. The summed E-state index contributed by atoms with van der Waals surface area (Å²) in [4.78, 5) is 25.3. The van der Waals surface area contributed by atoms with Crippen molar-refractivity contribution in [1.29, 1.82) is 0 Å². The molecule has 2 heteroatoms. The summed E-state index contributed by atoms with van der Waals surface area (Å²) in [6, 6.07) is 0. The van der Waals surface area contributed by atoms with Gasteiger partial charge in [0.1, 0.15) is 0 Å². The van der Waals surface area contributed by atoms with Gasteiger partial charge in [-0.2, -0.15) is 0 Å². The minimum atomic E-state index is 0.135. The molecule has 0 heterocycles. The maximum absolute atomic E-state index is 12.7. The summed E-state index contributed by atoms with van der Waals surface area (Å²) < 4.78 is 0. The predicted molar refractivity (Wildman–Crippen MR) is 116 cm³/mol. The number of allylic oxidation sites excluding steroid dienone is 10. The van der Waals surface area contributed by atoms with E-state index < -0.39 is 0 Å². The lowest BCUT2D eigenvalue weighted by Crippen LogP contribution is -2.18. The molecule has 0 aromatic carbocycles. The molecule has 2 nitrogen and oxygen atoms in total. The fourth-order valence-electron chi connectivity index (χ4n) is 3.35. The molecule has 0 N–H and O–H groups in total. The van der Waals surface area contributed by atoms with Crippen LogP contribution in [0.3, 0.4) is 0 Å². The number of rotatable bonds is 4. The van der Waals surface area contributed by atoms with Crippen LogP contribution in [0.5, 0.6) is 0 Å². The van der Waals surface area contributed by atoms with E-state index in [4.69, 9.17) is 0 Å². The van der Waals surface area contributed by atoms with Crippen LogP contribution >= 0.6 is 0 Å². The number of Topliss-reactive ketones (excluding diaryl/α,β-unsaturated/α-hetero) is 2. The van der Waals surface area contributed by atoms with Gasteiger partial charge in [0.25, 0.3) is 0 Å². The van der Waals surface area contributed by atoms with E-state index in [0.717, 1.165) is 33.4 Å². The van der Waals surface area contributed by atoms with Crippen molar-refractivity contribution in [2.24, 2.45) is 23.7 Å². The van der Waals surface area contributed by atoms with Crippen molar-refractivity contribution in [2.45, 2.75) is 55.4 Å². The van der Waals surface area contributed by atoms with Crippen molar-refractivity contribution in [2.75, 3.05) is 0 Å². The molecular formula is C26H32O2. The van der Waals surface area contributed by atoms with E-state index in [1.807, 2.05) is 79.7 Å². The highest BCUT2D eigenvalue weighted by Crippen LogP contribution is 2.29. The molecule has 2 aliphatic carbocycles. The van der Waals surface area contributed by atoms with Crippen LogP contribution in [0.1, 0.15) is 55.4 Å². The first kappa shape index (κ1) is 21.9. The predicted octanol–water partition coefficient (Wildman–Crippen LogP) is 6.09. The highest BCUT2D eigenvalue weighted by Gasteiger charge is 2.25. The van der Waals surface area contributed by atoms with Gasteiger partial charge in [0.05, 0.1) is 0 Å². The van der Waals surface area contributed by atoms with Crippen molar-refractivity contribution in [3.63, 3.8) is 0 Å². The van der Waals surface area contributed by atoms with Gasteiger partial charge < -0.3 is 0 Å². The summed E-state index contributed by atoms with van der Waals surface area (Å²) in [7, 11) is 0. The monoisotopic (exact) mass is 376 g/mol. The first-order valence-electron chi connectivity index (χ1n) is 10.2. The Morgan fingerprint density at radius 2 is 0.714 bits per heavy atom. The highest BCUT2D eigenvalue weighted by molar-refractivity contribution is 6.11. The third-order valence-corrected chi connectivity index (χ3v) is 5.13. The molecule has 2 rings (SSSR count). The van der Waals surface area contributed by atoms with Gasteiger partial charge in [-0.1, -0.05) is 66.9 Å². The van der Waals surface area contributed by atoms with Gasteiger partial charge in [-0.15, -0.1) is 0 Å². The van der Waals surface area contributed by atoms with Crippen LogP contribution in [0.2, 0.25) is 0 Å². The lowest BCUT2D eigenvalue weighted by Gasteiger charge is -2.20. The lowest BCUT2D eigenvalue weighted by atomic mass is 9.83. The second kappa shape index (κ2) is 8.74. The summed E-state index contributed by atoms with van der Waals surface area (Å²) >= 11 is 0. The van der Waals surface area contributed by atoms with E-state index in [2.05, 4.69) is 11.5 Å². The minimum Gasteiger partial charge on any atom is -0.289 e. The molecule has 0 spiro atoms. The molecule has 0 fully saturated rings. The second-order valence-corrected chi connectivity index (χ2v) is 8.84. The minimum absolute atomic E-state index is 0.135. The first-order chi connectivity index (χ1) is 13.0. The number of carbonyl (C=O) groups is 2. The molecule has 28 heavy (non-hydrogen) atoms. The van der Waals surface area contributed by atoms with E-state index in [1.165, 1.54) is 0 Å². The van der Waals surface area contributed by atoms with E-state index in [0.29, 0.717) is 0 Å². The summed E-state index contributed by atoms with van der Waals surface area (Å²) in [5, 5.41) is 0. The van der Waals surface area contributed by atoms with Crippen LogP contribution in [0, 0.1) is 23.7 Å². The fourth-order valence-corrected chi connectivity index (χ4v) is 3.35. The van der Waals surface area contributed by atoms with E-state index in [-0.39, 0.29) is 35.2 Å². The smallest absolute Gasteiger partial charge is 0.185 e. The molecule has 0 atom stereocenters. The molecule has 0 unspecified atom stereocenters. The van der Waals surface area contributed by atoms with Crippen LogP contribution in [-0.4, -0.2) is 11.6 Å². The maximum atomic E-state index is 12.7. The molecule has 0 aromatic rings. The van der Waals surface area contributed by atoms with Gasteiger partial charge in [-0.3, -0.25) is 9.59 Å². The van der Waals surface area contributed by atoms with Gasteiger partial charge in [0, 0.05) is 33.4 Å². The van der Waals surface area contributed by atoms with Crippen molar-refractivity contribution in [3.05, 3.63) is 69.2 Å². The highest BCUT2D eigenvalue weighted by atomic mass is 16.1. The number of hydrogen-bond donors (Lipinski definition) is 0. The van der Waals surface area contributed by atoms with Crippen LogP contribution in [-0.2, 0) is 9.59 Å². The zero-order valence-electron chi connectivity index (χ0n) is 18.4. The SMILES string of the molecule is CC(C)C1=CC(=C=C=C2C=C(C(C)C)C(=O)C(C(C)C)=C2)C=C(C(C)C)C1=O. The lowest BCUT2D eigenvalue weighted by molar-refractivity contribution is -0.114. The third kappa shape index (κ3) is 4.71. The Bertz CT molecular complexity index is 775. The van der Waals surface area contributed by atoms with Gasteiger partial charge in [-0.25, -0.2) is 0 Å². The first-order valence-corrected chi connectivity index (χ1v) is 10.2. The Morgan fingerprint density at radius 3 is 0.893 bits per heavy atom. The van der Waals surface area contributed by atoms with Gasteiger partial charge in [0.2, 0.25) is 0 Å². The molecule has 0 radical (unpaired) electrons. The molecule has 0 aromatic heterocycles.